The van der Waals surface area contributed by atoms with Crippen LogP contribution in [0.2, 0.25) is 0 Å². The van der Waals surface area contributed by atoms with E-state index in [9.17, 15) is 9.59 Å². The van der Waals surface area contributed by atoms with E-state index in [1.54, 1.807) is 48.5 Å². The summed E-state index contributed by atoms with van der Waals surface area (Å²) in [6, 6.07) is 17.5. The molecule has 112 valence electrons. The van der Waals surface area contributed by atoms with Crippen molar-refractivity contribution in [2.45, 2.75) is 0 Å². The fourth-order valence-corrected chi connectivity index (χ4v) is 1.54. The molecule has 0 fully saturated rings. The molecular weight excluding hydrogens is 284 g/mol. The van der Waals surface area contributed by atoms with Crippen molar-refractivity contribution in [2.24, 2.45) is 5.10 Å². The maximum atomic E-state index is 11.9. The van der Waals surface area contributed by atoms with Crippen LogP contribution >= 0.6 is 0 Å². The number of carboxylic acid groups (broad SMARTS) is 1. The maximum Gasteiger partial charge on any atom is 0.362 e. The third-order valence-corrected chi connectivity index (χ3v) is 2.58. The van der Waals surface area contributed by atoms with Gasteiger partial charge in [-0.3, -0.25) is 21.1 Å². The van der Waals surface area contributed by atoms with Gasteiger partial charge in [0, 0.05) is 0 Å². The van der Waals surface area contributed by atoms with Crippen molar-refractivity contribution in [3.63, 3.8) is 0 Å². The van der Waals surface area contributed by atoms with Gasteiger partial charge in [-0.05, 0) is 24.3 Å². The minimum absolute atomic E-state index is 0.574. The van der Waals surface area contributed by atoms with Gasteiger partial charge < -0.3 is 5.11 Å². The van der Waals surface area contributed by atoms with Crippen LogP contribution in [-0.2, 0) is 9.59 Å². The number of carbonyl (C=O) groups excluding carboxylic acids is 1. The van der Waals surface area contributed by atoms with Gasteiger partial charge in [0.1, 0.15) is 0 Å². The highest BCUT2D eigenvalue weighted by atomic mass is 16.4. The Morgan fingerprint density at radius 1 is 0.864 bits per heavy atom. The zero-order chi connectivity index (χ0) is 15.8. The molecular formula is C15H14N4O3. The number of nitrogens with one attached hydrogen (secondary N) is 3. The monoisotopic (exact) mass is 298 g/mol. The summed E-state index contributed by atoms with van der Waals surface area (Å²) < 4.78 is 0. The van der Waals surface area contributed by atoms with Crippen LogP contribution in [0.15, 0.2) is 65.8 Å². The van der Waals surface area contributed by atoms with E-state index in [2.05, 4.69) is 21.4 Å². The molecule has 2 aromatic carbocycles. The molecule has 2 aromatic rings. The van der Waals surface area contributed by atoms with Gasteiger partial charge in [-0.2, -0.15) is 5.10 Å². The van der Waals surface area contributed by atoms with Crippen LogP contribution < -0.4 is 16.3 Å². The molecule has 0 atom stereocenters. The number of aliphatic carboxylic acids is 1. The largest absolute Gasteiger partial charge is 0.476 e. The first kappa shape index (κ1) is 15.0. The minimum Gasteiger partial charge on any atom is -0.476 e. The van der Waals surface area contributed by atoms with E-state index in [0.717, 1.165) is 0 Å². The van der Waals surface area contributed by atoms with Gasteiger partial charge >= 0.3 is 5.97 Å². The van der Waals surface area contributed by atoms with Crippen molar-refractivity contribution < 1.29 is 14.7 Å². The lowest BCUT2D eigenvalue weighted by Gasteiger charge is -2.08. The molecule has 0 aliphatic carbocycles. The molecule has 0 aliphatic rings. The molecule has 7 heteroatoms. The molecule has 0 aliphatic heterocycles. The summed E-state index contributed by atoms with van der Waals surface area (Å²) in [6.45, 7) is 0. The number of carboxylic acids is 1. The highest BCUT2D eigenvalue weighted by molar-refractivity contribution is 6.63. The van der Waals surface area contributed by atoms with E-state index in [-0.39, 0.29) is 0 Å². The summed E-state index contributed by atoms with van der Waals surface area (Å²) in [5.41, 5.74) is 7.94. The molecule has 0 bridgehead atoms. The highest BCUT2D eigenvalue weighted by Crippen LogP contribution is 2.05. The van der Waals surface area contributed by atoms with E-state index in [1.165, 1.54) is 0 Å². The first-order chi connectivity index (χ1) is 10.7. The molecule has 0 saturated heterocycles. The second-order valence-electron chi connectivity index (χ2n) is 4.19. The molecule has 7 nitrogen and oxygen atoms in total. The van der Waals surface area contributed by atoms with Crippen LogP contribution in [0.5, 0.6) is 0 Å². The number of benzene rings is 2. The molecule has 0 saturated carbocycles. The third-order valence-electron chi connectivity index (χ3n) is 2.58. The van der Waals surface area contributed by atoms with Crippen molar-refractivity contribution in [2.75, 3.05) is 10.9 Å². The number of anilines is 2. The molecule has 2 rings (SSSR count). The minimum atomic E-state index is -1.43. The summed E-state index contributed by atoms with van der Waals surface area (Å²) in [5.74, 6) is -2.30. The van der Waals surface area contributed by atoms with Crippen LogP contribution in [0.4, 0.5) is 11.4 Å². The van der Waals surface area contributed by atoms with Crippen LogP contribution in [0.3, 0.4) is 0 Å². The summed E-state index contributed by atoms with van der Waals surface area (Å²) in [4.78, 5) is 23.0. The van der Waals surface area contributed by atoms with E-state index < -0.39 is 17.6 Å². The Balaban J connectivity index is 2.01. The van der Waals surface area contributed by atoms with Gasteiger partial charge in [0.15, 0.2) is 0 Å². The number of hydrazone groups is 1. The zero-order valence-electron chi connectivity index (χ0n) is 11.5. The molecule has 0 radical (unpaired) electrons. The summed E-state index contributed by atoms with van der Waals surface area (Å²) in [6.07, 6.45) is 0. The van der Waals surface area contributed by atoms with Gasteiger partial charge in [-0.15, -0.1) is 0 Å². The Morgan fingerprint density at radius 2 is 1.41 bits per heavy atom. The predicted octanol–water partition coefficient (Wildman–Crippen LogP) is 1.68. The highest BCUT2D eigenvalue weighted by Gasteiger charge is 2.19. The number of amides is 1. The third kappa shape index (κ3) is 4.34. The van der Waals surface area contributed by atoms with Crippen LogP contribution in [0.25, 0.3) is 0 Å². The second kappa shape index (κ2) is 7.44. The Labute approximate surface area is 126 Å². The lowest BCUT2D eigenvalue weighted by molar-refractivity contribution is -0.130. The van der Waals surface area contributed by atoms with Crippen molar-refractivity contribution in [1.82, 2.24) is 5.43 Å². The Hall–Kier alpha value is -3.35. The molecule has 4 N–H and O–H groups in total. The average Bonchev–Trinajstić information content (AvgIpc) is 2.55. The topological polar surface area (TPSA) is 103 Å². The first-order valence-corrected chi connectivity index (χ1v) is 6.40. The fraction of sp³-hybridized carbons (Fsp3) is 0. The van der Waals surface area contributed by atoms with E-state index >= 15 is 0 Å². The van der Waals surface area contributed by atoms with Gasteiger partial charge in [0.25, 0.3) is 5.91 Å². The first-order valence-electron chi connectivity index (χ1n) is 6.40. The number of hydrogen-bond donors (Lipinski definition) is 4. The van der Waals surface area contributed by atoms with Crippen LogP contribution in [0.1, 0.15) is 0 Å². The Kier molecular flexibility index (Phi) is 5.09. The van der Waals surface area contributed by atoms with Crippen molar-refractivity contribution in [3.8, 4) is 0 Å². The summed E-state index contributed by atoms with van der Waals surface area (Å²) >= 11 is 0. The number of para-hydroxylation sites is 2. The Bertz CT molecular complexity index is 672. The SMILES string of the molecule is O=C(O)/C(=N/Nc1ccccc1)C(=O)NNc1ccccc1. The quantitative estimate of drug-likeness (QED) is 0.369. The standard InChI is InChI=1S/C15H14N4O3/c20-14(19-17-12-9-5-2-6-10-12)13(15(21)22)18-16-11-7-3-1-4-8-11/h1-10,16-17H,(H,19,20)(H,21,22)/b18-13+. The molecule has 22 heavy (non-hydrogen) atoms. The van der Waals surface area contributed by atoms with Gasteiger partial charge in [-0.25, -0.2) is 4.79 Å². The van der Waals surface area contributed by atoms with Crippen LogP contribution in [0, 0.1) is 0 Å². The average molecular weight is 298 g/mol. The number of hydrazine groups is 1. The van der Waals surface area contributed by atoms with Crippen molar-refractivity contribution >= 4 is 29.0 Å². The lowest BCUT2D eigenvalue weighted by atomic mass is 10.3. The number of hydrogen-bond acceptors (Lipinski definition) is 5. The van der Waals surface area contributed by atoms with Crippen molar-refractivity contribution in [3.05, 3.63) is 60.7 Å². The predicted molar refractivity (Wildman–Crippen MR) is 83.3 cm³/mol. The normalized spacial score (nSPS) is 10.6. The van der Waals surface area contributed by atoms with E-state index in [0.29, 0.717) is 11.4 Å². The molecule has 0 heterocycles. The van der Waals surface area contributed by atoms with E-state index in [1.807, 2.05) is 12.1 Å². The smallest absolute Gasteiger partial charge is 0.362 e. The zero-order valence-corrected chi connectivity index (χ0v) is 11.5. The van der Waals surface area contributed by atoms with E-state index in [4.69, 9.17) is 5.11 Å². The number of rotatable bonds is 6. The van der Waals surface area contributed by atoms with Gasteiger partial charge in [0.05, 0.1) is 11.4 Å². The summed E-state index contributed by atoms with van der Waals surface area (Å²) in [5, 5.41) is 12.7. The van der Waals surface area contributed by atoms with Crippen molar-refractivity contribution in [1.29, 1.82) is 0 Å². The second-order valence-corrected chi connectivity index (χ2v) is 4.19. The molecule has 0 aromatic heterocycles. The number of nitrogens with zero attached hydrogens (tertiary/aromatic N) is 1. The fourth-order valence-electron chi connectivity index (χ4n) is 1.54. The van der Waals surface area contributed by atoms with Crippen LogP contribution in [-0.4, -0.2) is 22.7 Å². The summed E-state index contributed by atoms with van der Waals surface area (Å²) in [7, 11) is 0. The maximum absolute atomic E-state index is 11.9. The molecule has 0 unspecified atom stereocenters. The van der Waals surface area contributed by atoms with Gasteiger partial charge in [-0.1, -0.05) is 36.4 Å². The molecule has 0 spiro atoms. The van der Waals surface area contributed by atoms with Gasteiger partial charge in [0.2, 0.25) is 5.71 Å². The Morgan fingerprint density at radius 3 is 1.95 bits per heavy atom. The number of carbonyl (C=O) groups is 2. The molecule has 1 amide bonds. The lowest BCUT2D eigenvalue weighted by Crippen LogP contribution is -2.39.